The van der Waals surface area contributed by atoms with E-state index in [-0.39, 0.29) is 36.4 Å². The molecule has 0 radical (unpaired) electrons. The number of carbonyl (C=O) groups is 3. The summed E-state index contributed by atoms with van der Waals surface area (Å²) in [6, 6.07) is 7.80. The lowest BCUT2D eigenvalue weighted by atomic mass is 10.1. The maximum absolute atomic E-state index is 12.3. The normalized spacial score (nSPS) is 16.2. The van der Waals surface area contributed by atoms with Crippen LogP contribution in [0, 0.1) is 0 Å². The number of imide groups is 1. The number of fused-ring (bicyclic) bond motifs is 1. The minimum absolute atomic E-state index is 0.0373. The highest BCUT2D eigenvalue weighted by Crippen LogP contribution is 2.33. The third-order valence-electron chi connectivity index (χ3n) is 5.04. The quantitative estimate of drug-likeness (QED) is 0.511. The van der Waals surface area contributed by atoms with Gasteiger partial charge in [-0.2, -0.15) is 0 Å². The van der Waals surface area contributed by atoms with E-state index in [2.05, 4.69) is 20.8 Å². The van der Waals surface area contributed by atoms with E-state index < -0.39 is 11.9 Å². The first-order valence-corrected chi connectivity index (χ1v) is 9.87. The number of aromatic hydroxyl groups is 1. The van der Waals surface area contributed by atoms with Gasteiger partial charge >= 0.3 is 0 Å². The van der Waals surface area contributed by atoms with Crippen LogP contribution in [0.4, 0.5) is 0 Å². The van der Waals surface area contributed by atoms with Crippen molar-refractivity contribution in [2.75, 3.05) is 6.61 Å². The van der Waals surface area contributed by atoms with Gasteiger partial charge in [0.15, 0.2) is 11.6 Å². The summed E-state index contributed by atoms with van der Waals surface area (Å²) in [5, 5.41) is 24.6. The molecule has 2 aromatic heterocycles. The van der Waals surface area contributed by atoms with Crippen molar-refractivity contribution in [1.82, 2.24) is 25.4 Å². The average Bonchev–Trinajstić information content (AvgIpc) is 3.08. The lowest BCUT2D eigenvalue weighted by Crippen LogP contribution is -2.41. The summed E-state index contributed by atoms with van der Waals surface area (Å²) < 4.78 is 6.69. The molecule has 0 saturated carbocycles. The Labute approximate surface area is 177 Å². The van der Waals surface area contributed by atoms with Crippen LogP contribution in [0.5, 0.6) is 11.8 Å². The van der Waals surface area contributed by atoms with Gasteiger partial charge in [0.1, 0.15) is 6.04 Å². The van der Waals surface area contributed by atoms with Crippen LogP contribution in [-0.4, -0.2) is 44.2 Å². The van der Waals surface area contributed by atoms with E-state index in [9.17, 15) is 19.5 Å². The number of aromatic nitrogens is 3. The van der Waals surface area contributed by atoms with Crippen LogP contribution in [0.15, 0.2) is 36.5 Å². The number of piperidine rings is 1. The molecule has 10 nitrogen and oxygen atoms in total. The molecule has 160 valence electrons. The number of rotatable bonds is 6. The second-order valence-electron chi connectivity index (χ2n) is 7.12. The van der Waals surface area contributed by atoms with Crippen molar-refractivity contribution < 1.29 is 24.2 Å². The molecule has 0 aliphatic carbocycles. The van der Waals surface area contributed by atoms with E-state index in [0.717, 1.165) is 10.9 Å². The summed E-state index contributed by atoms with van der Waals surface area (Å²) in [6.07, 6.45) is 2.22. The summed E-state index contributed by atoms with van der Waals surface area (Å²) in [5.41, 5.74) is 0.978. The van der Waals surface area contributed by atoms with Crippen LogP contribution < -0.4 is 15.4 Å². The zero-order chi connectivity index (χ0) is 22.0. The molecule has 1 aromatic carbocycles. The summed E-state index contributed by atoms with van der Waals surface area (Å²) in [7, 11) is 0. The third kappa shape index (κ3) is 4.18. The fourth-order valence-electron chi connectivity index (χ4n) is 3.51. The van der Waals surface area contributed by atoms with Crippen molar-refractivity contribution in [3.05, 3.63) is 47.8 Å². The van der Waals surface area contributed by atoms with Crippen LogP contribution in [-0.2, 0) is 16.1 Å². The Kier molecular flexibility index (Phi) is 5.52. The largest absolute Gasteiger partial charge is 0.494 e. The summed E-state index contributed by atoms with van der Waals surface area (Å²) in [4.78, 5) is 35.8. The molecule has 1 atom stereocenters. The fourth-order valence-corrected chi connectivity index (χ4v) is 3.51. The molecule has 1 aliphatic heterocycles. The van der Waals surface area contributed by atoms with Gasteiger partial charge in [0.25, 0.3) is 5.91 Å². The molecule has 1 unspecified atom stereocenters. The second-order valence-corrected chi connectivity index (χ2v) is 7.12. The van der Waals surface area contributed by atoms with E-state index in [1.807, 2.05) is 13.0 Å². The minimum Gasteiger partial charge on any atom is -0.494 e. The zero-order valence-corrected chi connectivity index (χ0v) is 16.8. The van der Waals surface area contributed by atoms with E-state index in [1.165, 1.54) is 10.6 Å². The van der Waals surface area contributed by atoms with Crippen molar-refractivity contribution in [1.29, 1.82) is 0 Å². The van der Waals surface area contributed by atoms with Gasteiger partial charge in [-0.1, -0.05) is 6.07 Å². The Hall–Kier alpha value is -3.95. The first-order valence-electron chi connectivity index (χ1n) is 9.87. The molecule has 4 rings (SSSR count). The highest BCUT2D eigenvalue weighted by molar-refractivity contribution is 6.00. The van der Waals surface area contributed by atoms with Crippen LogP contribution in [0.1, 0.15) is 41.9 Å². The highest BCUT2D eigenvalue weighted by Gasteiger charge is 2.30. The van der Waals surface area contributed by atoms with Crippen molar-refractivity contribution in [2.45, 2.75) is 32.4 Å². The Morgan fingerprint density at radius 2 is 2.13 bits per heavy atom. The number of nitrogens with zero attached hydrogens (tertiary/aromatic N) is 3. The monoisotopic (exact) mass is 423 g/mol. The molecular weight excluding hydrogens is 402 g/mol. The number of hydrogen-bond acceptors (Lipinski definition) is 7. The maximum Gasteiger partial charge on any atom is 0.272 e. The van der Waals surface area contributed by atoms with Gasteiger partial charge in [-0.15, -0.1) is 10.2 Å². The van der Waals surface area contributed by atoms with Gasteiger partial charge in [0.2, 0.25) is 17.7 Å². The number of nitrogens with one attached hydrogen (secondary N) is 2. The maximum atomic E-state index is 12.3. The Morgan fingerprint density at radius 3 is 2.84 bits per heavy atom. The zero-order valence-electron chi connectivity index (χ0n) is 16.8. The van der Waals surface area contributed by atoms with Gasteiger partial charge in [0.05, 0.1) is 6.61 Å². The van der Waals surface area contributed by atoms with Crippen molar-refractivity contribution in [3.8, 4) is 11.8 Å². The smallest absolute Gasteiger partial charge is 0.272 e. The van der Waals surface area contributed by atoms with E-state index in [0.29, 0.717) is 24.3 Å². The molecule has 3 heterocycles. The van der Waals surface area contributed by atoms with Gasteiger partial charge in [0, 0.05) is 36.0 Å². The Bertz CT molecular complexity index is 1150. The van der Waals surface area contributed by atoms with Crippen molar-refractivity contribution in [3.63, 3.8) is 0 Å². The summed E-state index contributed by atoms with van der Waals surface area (Å²) in [6.45, 7) is 2.54. The van der Waals surface area contributed by atoms with Gasteiger partial charge in [-0.25, -0.2) is 0 Å². The fraction of sp³-hybridized carbons (Fsp3) is 0.286. The van der Waals surface area contributed by atoms with Crippen LogP contribution in [0.2, 0.25) is 0 Å². The average molecular weight is 423 g/mol. The first-order chi connectivity index (χ1) is 15.0. The lowest BCUT2D eigenvalue weighted by molar-refractivity contribution is -0.135. The molecule has 0 spiro atoms. The van der Waals surface area contributed by atoms with Gasteiger partial charge in [-0.05, 0) is 37.1 Å². The van der Waals surface area contributed by atoms with Crippen molar-refractivity contribution in [2.24, 2.45) is 0 Å². The molecule has 3 N–H and O–H groups in total. The van der Waals surface area contributed by atoms with Crippen LogP contribution in [0.25, 0.3) is 10.8 Å². The Balaban J connectivity index is 1.47. The number of ether oxygens (including phenoxy) is 1. The molecule has 31 heavy (non-hydrogen) atoms. The first kappa shape index (κ1) is 20.3. The van der Waals surface area contributed by atoms with Crippen molar-refractivity contribution >= 4 is 28.5 Å². The number of hydrogen-bond donors (Lipinski definition) is 3. The summed E-state index contributed by atoms with van der Waals surface area (Å²) >= 11 is 0. The molecule has 10 heteroatoms. The predicted molar refractivity (Wildman–Crippen MR) is 109 cm³/mol. The predicted octanol–water partition coefficient (Wildman–Crippen LogP) is 1.44. The molecular formula is C21H21N5O5. The van der Waals surface area contributed by atoms with Crippen LogP contribution >= 0.6 is 0 Å². The standard InChI is InChI=1S/C21H21N5O5/c1-2-31-18-8-5-15(24-25-18)19(28)22-10-12-3-4-14-13(9-12)11-26(21(14)30)16-6-7-17(27)23-20(16)29/h3-5,8-9,11,16,30H,2,6-7,10H2,1H3,(H,22,28)(H,23,27,29). The molecule has 1 aliphatic rings. The highest BCUT2D eigenvalue weighted by atomic mass is 16.5. The molecule has 0 bridgehead atoms. The molecule has 3 aromatic rings. The second kappa shape index (κ2) is 8.42. The van der Waals surface area contributed by atoms with Gasteiger partial charge in [-0.3, -0.25) is 19.7 Å². The number of benzene rings is 1. The van der Waals surface area contributed by atoms with E-state index in [1.54, 1.807) is 24.4 Å². The lowest BCUT2D eigenvalue weighted by Gasteiger charge is -2.22. The van der Waals surface area contributed by atoms with Crippen LogP contribution in [0.3, 0.4) is 0 Å². The Morgan fingerprint density at radius 1 is 1.29 bits per heavy atom. The number of carbonyl (C=O) groups excluding carboxylic acids is 3. The minimum atomic E-state index is -0.647. The SMILES string of the molecule is CCOc1ccc(C(=O)NCc2ccc3c(O)n(C4CCC(=O)NC4=O)cc3c2)nn1. The molecule has 1 saturated heterocycles. The van der Waals surface area contributed by atoms with E-state index >= 15 is 0 Å². The summed E-state index contributed by atoms with van der Waals surface area (Å²) in [5.74, 6) is -0.808. The van der Waals surface area contributed by atoms with Gasteiger partial charge < -0.3 is 19.7 Å². The number of amides is 3. The topological polar surface area (TPSA) is 135 Å². The van der Waals surface area contributed by atoms with E-state index in [4.69, 9.17) is 4.74 Å². The third-order valence-corrected chi connectivity index (χ3v) is 5.04. The molecule has 1 fully saturated rings. The molecule has 3 amide bonds.